The van der Waals surface area contributed by atoms with Gasteiger partial charge in [0.25, 0.3) is 0 Å². The number of halogens is 3. The minimum absolute atomic E-state index is 0.113. The predicted octanol–water partition coefficient (Wildman–Crippen LogP) is 9.63. The van der Waals surface area contributed by atoms with Crippen LogP contribution < -0.4 is 10.0 Å². The van der Waals surface area contributed by atoms with E-state index in [0.29, 0.717) is 23.0 Å². The van der Waals surface area contributed by atoms with Crippen molar-refractivity contribution >= 4 is 48.2 Å². The zero-order valence-electron chi connectivity index (χ0n) is 25.5. The fraction of sp³-hybridized carbons (Fsp3) is 0.438. The molecule has 1 aliphatic carbocycles. The molecule has 0 radical (unpaired) electrons. The van der Waals surface area contributed by atoms with E-state index in [4.69, 9.17) is 13.8 Å². The van der Waals surface area contributed by atoms with E-state index in [9.17, 15) is 18.9 Å². The summed E-state index contributed by atoms with van der Waals surface area (Å²) in [4.78, 5) is 20.1. The molecule has 0 bridgehead atoms. The summed E-state index contributed by atoms with van der Waals surface area (Å²) in [6, 6.07) is 17.1. The molecule has 1 fully saturated rings. The Morgan fingerprint density at radius 3 is 2.07 bits per heavy atom. The van der Waals surface area contributed by atoms with Gasteiger partial charge in [0.05, 0.1) is 19.3 Å². The molecule has 0 heterocycles. The van der Waals surface area contributed by atoms with Gasteiger partial charge in [0.2, 0.25) is 0 Å². The Hall–Kier alpha value is -1.55. The molecular formula is C32H39BrF2O7P2S. The number of ether oxygens (including phenoxy) is 1. The average Bonchev–Trinajstić information content (AvgIpc) is 3.53. The van der Waals surface area contributed by atoms with Gasteiger partial charge in [0.1, 0.15) is 11.1 Å². The van der Waals surface area contributed by atoms with Crippen LogP contribution in [0.5, 0.6) is 5.75 Å². The molecule has 0 saturated heterocycles. The topological polar surface area (TPSA) is 102 Å². The molecule has 45 heavy (non-hydrogen) atoms. The van der Waals surface area contributed by atoms with E-state index in [1.807, 2.05) is 37.3 Å². The summed E-state index contributed by atoms with van der Waals surface area (Å²) in [6.45, 7) is 4.59. The van der Waals surface area contributed by atoms with Crippen LogP contribution >= 0.6 is 42.9 Å². The van der Waals surface area contributed by atoms with Crippen molar-refractivity contribution in [2.75, 3.05) is 13.2 Å². The van der Waals surface area contributed by atoms with E-state index >= 15 is 8.78 Å². The lowest BCUT2D eigenvalue weighted by Gasteiger charge is -2.26. The summed E-state index contributed by atoms with van der Waals surface area (Å²) < 4.78 is 71.6. The van der Waals surface area contributed by atoms with Gasteiger partial charge >= 0.3 is 20.9 Å². The number of hydrogen-bond donors (Lipinski definition) is 2. The molecular weight excluding hydrogens is 708 g/mol. The van der Waals surface area contributed by atoms with E-state index in [2.05, 4.69) is 15.9 Å². The first-order chi connectivity index (χ1) is 21.3. The average molecular weight is 748 g/mol. The van der Waals surface area contributed by atoms with Gasteiger partial charge in [-0.25, -0.2) is 0 Å². The largest absolute Gasteiger partial charge is 0.489 e. The maximum absolute atomic E-state index is 15.2. The Kier molecular flexibility index (Phi) is 12.6. The quantitative estimate of drug-likeness (QED) is 0.148. The summed E-state index contributed by atoms with van der Waals surface area (Å²) in [5, 5.41) is -0.113. The molecule has 3 aromatic carbocycles. The van der Waals surface area contributed by atoms with Crippen molar-refractivity contribution in [3.05, 3.63) is 81.8 Å². The molecule has 1 atom stereocenters. The van der Waals surface area contributed by atoms with Crippen LogP contribution in [0.3, 0.4) is 0 Å². The molecule has 4 rings (SSSR count). The molecule has 0 amide bonds. The summed E-state index contributed by atoms with van der Waals surface area (Å²) in [6.07, 6.45) is 4.30. The highest BCUT2D eigenvalue weighted by Crippen LogP contribution is 2.67. The highest BCUT2D eigenvalue weighted by atomic mass is 79.9. The molecule has 1 saturated carbocycles. The van der Waals surface area contributed by atoms with Crippen molar-refractivity contribution in [2.24, 2.45) is 5.92 Å². The third-order valence-corrected chi connectivity index (χ3v) is 12.6. The minimum atomic E-state index is -4.71. The maximum atomic E-state index is 15.2. The molecule has 1 aliphatic rings. The number of thioether (sulfide) groups is 1. The second-order valence-corrected chi connectivity index (χ2v) is 16.5. The van der Waals surface area contributed by atoms with Crippen molar-refractivity contribution in [3.8, 4) is 16.9 Å². The first-order valence-electron chi connectivity index (χ1n) is 14.9. The van der Waals surface area contributed by atoms with Gasteiger partial charge in [0.15, 0.2) is 0 Å². The third kappa shape index (κ3) is 8.88. The summed E-state index contributed by atoms with van der Waals surface area (Å²) >= 11 is 4.81. The molecule has 0 aliphatic heterocycles. The Bertz CT molecular complexity index is 1530. The predicted molar refractivity (Wildman–Crippen MR) is 179 cm³/mol. The van der Waals surface area contributed by atoms with Crippen LogP contribution in [0.25, 0.3) is 11.1 Å². The van der Waals surface area contributed by atoms with E-state index in [1.165, 1.54) is 26.0 Å². The first kappa shape index (κ1) is 36.3. The zero-order chi connectivity index (χ0) is 32.8. The van der Waals surface area contributed by atoms with Crippen molar-refractivity contribution < 1.29 is 41.5 Å². The van der Waals surface area contributed by atoms with E-state index in [0.717, 1.165) is 42.4 Å². The van der Waals surface area contributed by atoms with Gasteiger partial charge in [-0.1, -0.05) is 71.2 Å². The smallest absolute Gasteiger partial charge is 0.404 e. The second kappa shape index (κ2) is 15.6. The fourth-order valence-corrected chi connectivity index (χ4v) is 9.47. The number of hydrogen-bond acceptors (Lipinski definition) is 6. The van der Waals surface area contributed by atoms with Crippen LogP contribution in [0.2, 0.25) is 0 Å². The standard InChI is InChI=1S/C32H39BrF2O7P2S/c1-4-40-44(39,41-5-2)32(34,35)28-16-12-24(18-29(28)33)21-45-20-23-10-13-26(14-11-23)27-15-17-30(31(19-27)43(36,37)38)42-22(3)25-8-6-7-9-25/h10-19,22,25H,4-9,20-21H2,1-3H3,(H2,36,37,38). The molecule has 7 nitrogen and oxygen atoms in total. The molecule has 1 unspecified atom stereocenters. The van der Waals surface area contributed by atoms with Gasteiger partial charge in [-0.05, 0) is 80.0 Å². The molecule has 2 N–H and O–H groups in total. The van der Waals surface area contributed by atoms with Crippen molar-refractivity contribution in [1.82, 2.24) is 0 Å². The van der Waals surface area contributed by atoms with Gasteiger partial charge in [-0.2, -0.15) is 20.5 Å². The zero-order valence-corrected chi connectivity index (χ0v) is 29.6. The van der Waals surface area contributed by atoms with Crippen LogP contribution in [0.1, 0.15) is 63.1 Å². The Morgan fingerprint density at radius 1 is 0.911 bits per heavy atom. The van der Waals surface area contributed by atoms with Gasteiger partial charge in [-0.3, -0.25) is 9.13 Å². The van der Waals surface area contributed by atoms with Crippen LogP contribution in [-0.4, -0.2) is 29.1 Å². The Morgan fingerprint density at radius 2 is 1.49 bits per heavy atom. The van der Waals surface area contributed by atoms with E-state index < -0.39 is 26.4 Å². The number of rotatable bonds is 15. The van der Waals surface area contributed by atoms with Gasteiger partial charge < -0.3 is 23.6 Å². The fourth-order valence-electron chi connectivity index (χ4n) is 5.41. The molecule has 3 aromatic rings. The lowest BCUT2D eigenvalue weighted by atomic mass is 10.0. The van der Waals surface area contributed by atoms with E-state index in [-0.39, 0.29) is 34.8 Å². The van der Waals surface area contributed by atoms with Crippen LogP contribution in [0.4, 0.5) is 8.78 Å². The molecule has 0 spiro atoms. The third-order valence-electron chi connectivity index (χ3n) is 7.77. The minimum Gasteiger partial charge on any atom is -0.489 e. The molecule has 0 aromatic heterocycles. The van der Waals surface area contributed by atoms with Crippen LogP contribution in [0.15, 0.2) is 65.1 Å². The lowest BCUT2D eigenvalue weighted by molar-refractivity contribution is 0.0354. The summed E-state index contributed by atoms with van der Waals surface area (Å²) in [7, 11) is -9.29. The van der Waals surface area contributed by atoms with Crippen molar-refractivity contribution in [2.45, 2.75) is 69.7 Å². The highest BCUT2D eigenvalue weighted by molar-refractivity contribution is 9.10. The van der Waals surface area contributed by atoms with Crippen molar-refractivity contribution in [3.63, 3.8) is 0 Å². The second-order valence-electron chi connectivity index (χ2n) is 11.0. The lowest BCUT2D eigenvalue weighted by Crippen LogP contribution is -2.24. The van der Waals surface area contributed by atoms with Crippen molar-refractivity contribution in [1.29, 1.82) is 0 Å². The first-order valence-corrected chi connectivity index (χ1v) is 20.0. The number of alkyl halides is 2. The Balaban J connectivity index is 1.40. The maximum Gasteiger partial charge on any atom is 0.404 e. The summed E-state index contributed by atoms with van der Waals surface area (Å²) in [5.41, 5.74) is -0.958. The highest BCUT2D eigenvalue weighted by Gasteiger charge is 2.55. The normalized spacial score (nSPS) is 15.4. The SMILES string of the molecule is CCOP(=O)(OCC)C(F)(F)c1ccc(CSCc2ccc(-c3ccc(OC(C)C4CCCC4)c(P(=O)(O)O)c3)cc2)cc1Br. The van der Waals surface area contributed by atoms with Crippen LogP contribution in [-0.2, 0) is 35.3 Å². The Labute approximate surface area is 276 Å². The van der Waals surface area contributed by atoms with E-state index in [1.54, 1.807) is 30.0 Å². The van der Waals surface area contributed by atoms with Gasteiger partial charge in [0, 0.05) is 21.5 Å². The van der Waals surface area contributed by atoms with Gasteiger partial charge in [-0.15, -0.1) is 0 Å². The van der Waals surface area contributed by atoms with Crippen LogP contribution in [0, 0.1) is 5.92 Å². The summed E-state index contributed by atoms with van der Waals surface area (Å²) in [5.74, 6) is 1.81. The molecule has 13 heteroatoms. The number of benzene rings is 3. The molecule has 246 valence electrons. The monoisotopic (exact) mass is 746 g/mol.